The molecule has 1 amide bonds. The van der Waals surface area contributed by atoms with Crippen LogP contribution in [0.4, 0.5) is 5.69 Å². The number of nitrogens with one attached hydrogen (secondary N) is 2. The van der Waals surface area contributed by atoms with Crippen LogP contribution in [0.3, 0.4) is 0 Å². The highest BCUT2D eigenvalue weighted by molar-refractivity contribution is 6.01. The van der Waals surface area contributed by atoms with Gasteiger partial charge in [-0.05, 0) is 31.9 Å². The molecule has 0 aromatic heterocycles. The number of benzene rings is 1. The number of hydrogen-bond acceptors (Lipinski definition) is 4. The predicted molar refractivity (Wildman–Crippen MR) is 83.3 cm³/mol. The number of carbonyl (C=O) groups excluding carboxylic acids is 2. The van der Waals surface area contributed by atoms with Gasteiger partial charge in [0.25, 0.3) is 5.91 Å². The molecule has 0 spiro atoms. The van der Waals surface area contributed by atoms with Crippen molar-refractivity contribution < 1.29 is 14.3 Å². The normalized spacial score (nSPS) is 12.1. The number of rotatable bonds is 6. The number of carbonyl (C=O) groups is 2. The summed E-state index contributed by atoms with van der Waals surface area (Å²) in [7, 11) is 1.32. The fraction of sp³-hybridized carbons (Fsp3) is 0.500. The lowest BCUT2D eigenvalue weighted by atomic mass is 10.0. The van der Waals surface area contributed by atoms with Crippen LogP contribution in [0.25, 0.3) is 0 Å². The monoisotopic (exact) mass is 292 g/mol. The van der Waals surface area contributed by atoms with Crippen molar-refractivity contribution in [2.45, 2.75) is 39.8 Å². The first-order chi connectivity index (χ1) is 9.86. The highest BCUT2D eigenvalue weighted by Crippen LogP contribution is 2.17. The van der Waals surface area contributed by atoms with Crippen LogP contribution in [0.5, 0.6) is 0 Å². The third kappa shape index (κ3) is 4.77. The molecule has 1 aromatic rings. The summed E-state index contributed by atoms with van der Waals surface area (Å²) in [6, 6.07) is 6.78. The van der Waals surface area contributed by atoms with Crippen LogP contribution in [0.15, 0.2) is 24.3 Å². The molecular formula is C16H24N2O3. The van der Waals surface area contributed by atoms with Gasteiger partial charge in [0.1, 0.15) is 6.04 Å². The molecule has 0 aliphatic heterocycles. The Morgan fingerprint density at radius 1 is 1.10 bits per heavy atom. The topological polar surface area (TPSA) is 67.4 Å². The highest BCUT2D eigenvalue weighted by Gasteiger charge is 2.26. The van der Waals surface area contributed by atoms with Crippen molar-refractivity contribution in [1.82, 2.24) is 5.32 Å². The Hall–Kier alpha value is -2.04. The minimum Gasteiger partial charge on any atom is -0.467 e. The van der Waals surface area contributed by atoms with Crippen molar-refractivity contribution in [2.75, 3.05) is 12.4 Å². The molecule has 1 rings (SSSR count). The van der Waals surface area contributed by atoms with Gasteiger partial charge in [0.2, 0.25) is 0 Å². The SMILES string of the molecule is COC(=O)C(NC(=O)c1ccccc1NC(C)C)C(C)C. The molecule has 0 radical (unpaired) electrons. The second kappa shape index (κ2) is 7.67. The molecule has 0 heterocycles. The first-order valence-corrected chi connectivity index (χ1v) is 7.11. The zero-order valence-corrected chi connectivity index (χ0v) is 13.3. The molecule has 5 nitrogen and oxygen atoms in total. The van der Waals surface area contributed by atoms with Gasteiger partial charge in [-0.3, -0.25) is 4.79 Å². The van der Waals surface area contributed by atoms with E-state index in [-0.39, 0.29) is 17.9 Å². The summed E-state index contributed by atoms with van der Waals surface area (Å²) in [5.41, 5.74) is 1.26. The number of para-hydroxylation sites is 1. The molecule has 5 heteroatoms. The number of hydrogen-bond donors (Lipinski definition) is 2. The van der Waals surface area contributed by atoms with E-state index in [1.165, 1.54) is 7.11 Å². The fourth-order valence-electron chi connectivity index (χ4n) is 1.96. The molecule has 0 saturated carbocycles. The molecule has 0 aliphatic carbocycles. The van der Waals surface area contributed by atoms with E-state index in [0.29, 0.717) is 5.56 Å². The molecule has 116 valence electrons. The quantitative estimate of drug-likeness (QED) is 0.790. The van der Waals surface area contributed by atoms with Crippen LogP contribution >= 0.6 is 0 Å². The van der Waals surface area contributed by atoms with E-state index in [2.05, 4.69) is 10.6 Å². The summed E-state index contributed by atoms with van der Waals surface area (Å²) >= 11 is 0. The Kier molecular flexibility index (Phi) is 6.21. The fourth-order valence-corrected chi connectivity index (χ4v) is 1.96. The molecule has 0 aliphatic rings. The van der Waals surface area contributed by atoms with Crippen LogP contribution in [-0.4, -0.2) is 31.1 Å². The van der Waals surface area contributed by atoms with Crippen LogP contribution in [0.2, 0.25) is 0 Å². The van der Waals surface area contributed by atoms with Crippen LogP contribution in [0.1, 0.15) is 38.1 Å². The second-order valence-corrected chi connectivity index (χ2v) is 5.56. The number of amides is 1. The average Bonchev–Trinajstić information content (AvgIpc) is 2.43. The van der Waals surface area contributed by atoms with E-state index >= 15 is 0 Å². The zero-order chi connectivity index (χ0) is 16.0. The standard InChI is InChI=1S/C16H24N2O3/c1-10(2)14(16(20)21-5)18-15(19)12-8-6-7-9-13(12)17-11(3)4/h6-11,14,17H,1-5H3,(H,18,19). The van der Waals surface area contributed by atoms with Gasteiger partial charge in [-0.25, -0.2) is 4.79 Å². The summed E-state index contributed by atoms with van der Waals surface area (Å²) in [6.07, 6.45) is 0. The van der Waals surface area contributed by atoms with Gasteiger partial charge >= 0.3 is 5.97 Å². The Morgan fingerprint density at radius 2 is 1.71 bits per heavy atom. The van der Waals surface area contributed by atoms with Crippen molar-refractivity contribution in [3.8, 4) is 0 Å². The molecule has 21 heavy (non-hydrogen) atoms. The second-order valence-electron chi connectivity index (χ2n) is 5.56. The summed E-state index contributed by atoms with van der Waals surface area (Å²) in [5, 5.41) is 5.97. The average molecular weight is 292 g/mol. The molecule has 1 aromatic carbocycles. The number of methoxy groups -OCH3 is 1. The third-order valence-corrected chi connectivity index (χ3v) is 3.02. The maximum atomic E-state index is 12.4. The maximum Gasteiger partial charge on any atom is 0.328 e. The van der Waals surface area contributed by atoms with Crippen molar-refractivity contribution in [1.29, 1.82) is 0 Å². The Labute approximate surface area is 126 Å². The van der Waals surface area contributed by atoms with E-state index < -0.39 is 12.0 Å². The lowest BCUT2D eigenvalue weighted by Crippen LogP contribution is -2.45. The number of anilines is 1. The van der Waals surface area contributed by atoms with E-state index in [9.17, 15) is 9.59 Å². The molecule has 1 unspecified atom stereocenters. The zero-order valence-electron chi connectivity index (χ0n) is 13.3. The van der Waals surface area contributed by atoms with E-state index in [1.54, 1.807) is 12.1 Å². The molecule has 1 atom stereocenters. The minimum atomic E-state index is -0.658. The Morgan fingerprint density at radius 3 is 2.24 bits per heavy atom. The van der Waals surface area contributed by atoms with Gasteiger partial charge in [0.15, 0.2) is 0 Å². The Balaban J connectivity index is 2.95. The maximum absolute atomic E-state index is 12.4. The third-order valence-electron chi connectivity index (χ3n) is 3.02. The van der Waals surface area contributed by atoms with Gasteiger partial charge in [-0.1, -0.05) is 26.0 Å². The van der Waals surface area contributed by atoms with Crippen molar-refractivity contribution in [3.63, 3.8) is 0 Å². The molecular weight excluding hydrogens is 268 g/mol. The highest BCUT2D eigenvalue weighted by atomic mass is 16.5. The van der Waals surface area contributed by atoms with Gasteiger partial charge in [-0.2, -0.15) is 0 Å². The summed E-state index contributed by atoms with van der Waals surface area (Å²) in [5.74, 6) is -0.776. The first-order valence-electron chi connectivity index (χ1n) is 7.11. The predicted octanol–water partition coefficient (Wildman–Crippen LogP) is 2.43. The van der Waals surface area contributed by atoms with Gasteiger partial charge in [-0.15, -0.1) is 0 Å². The van der Waals surface area contributed by atoms with Gasteiger partial charge < -0.3 is 15.4 Å². The lowest BCUT2D eigenvalue weighted by Gasteiger charge is -2.21. The minimum absolute atomic E-state index is 0.0494. The van der Waals surface area contributed by atoms with Crippen molar-refractivity contribution in [3.05, 3.63) is 29.8 Å². The molecule has 0 bridgehead atoms. The molecule has 0 fully saturated rings. The largest absolute Gasteiger partial charge is 0.467 e. The van der Waals surface area contributed by atoms with E-state index in [4.69, 9.17) is 4.74 Å². The summed E-state index contributed by atoms with van der Waals surface area (Å²) in [4.78, 5) is 24.2. The van der Waals surface area contributed by atoms with E-state index in [0.717, 1.165) is 5.69 Å². The summed E-state index contributed by atoms with van der Waals surface area (Å²) in [6.45, 7) is 7.72. The molecule has 0 saturated heterocycles. The molecule has 2 N–H and O–H groups in total. The van der Waals surface area contributed by atoms with Crippen LogP contribution in [-0.2, 0) is 9.53 Å². The van der Waals surface area contributed by atoms with Crippen molar-refractivity contribution >= 4 is 17.6 Å². The van der Waals surface area contributed by atoms with E-state index in [1.807, 2.05) is 39.8 Å². The van der Waals surface area contributed by atoms with Crippen LogP contribution < -0.4 is 10.6 Å². The van der Waals surface area contributed by atoms with Gasteiger partial charge in [0, 0.05) is 11.7 Å². The lowest BCUT2D eigenvalue weighted by molar-refractivity contribution is -0.144. The van der Waals surface area contributed by atoms with Crippen molar-refractivity contribution in [2.24, 2.45) is 5.92 Å². The Bertz CT molecular complexity index is 498. The number of ether oxygens (including phenoxy) is 1. The van der Waals surface area contributed by atoms with Crippen LogP contribution in [0, 0.1) is 5.92 Å². The summed E-state index contributed by atoms with van der Waals surface area (Å²) < 4.78 is 4.74. The number of esters is 1. The smallest absolute Gasteiger partial charge is 0.328 e. The van der Waals surface area contributed by atoms with Gasteiger partial charge in [0.05, 0.1) is 12.7 Å². The first kappa shape index (κ1) is 17.0.